The first-order valence-electron chi connectivity index (χ1n) is 9.00. The maximum atomic E-state index is 12.7. The molecule has 0 unspecified atom stereocenters. The van der Waals surface area contributed by atoms with Gasteiger partial charge in [0.2, 0.25) is 5.91 Å². The van der Waals surface area contributed by atoms with Gasteiger partial charge in [-0.3, -0.25) is 4.79 Å². The number of hydrogen-bond donors (Lipinski definition) is 1. The zero-order chi connectivity index (χ0) is 20.1. The van der Waals surface area contributed by atoms with Crippen molar-refractivity contribution < 1.29 is 14.3 Å². The van der Waals surface area contributed by atoms with Crippen molar-refractivity contribution >= 4 is 39.7 Å². The smallest absolute Gasteiger partial charge is 0.357 e. The lowest BCUT2D eigenvalue weighted by Crippen LogP contribution is -2.19. The molecule has 3 rings (SSSR count). The lowest BCUT2D eigenvalue weighted by molar-refractivity contribution is -0.116. The molecule has 1 N–H and O–H groups in total. The number of amides is 1. The fourth-order valence-corrected chi connectivity index (χ4v) is 4.82. The Morgan fingerprint density at radius 2 is 2.04 bits per heavy atom. The first kappa shape index (κ1) is 20.3. The zero-order valence-corrected chi connectivity index (χ0v) is 17.7. The van der Waals surface area contributed by atoms with Gasteiger partial charge in [-0.15, -0.1) is 11.3 Å². The average Bonchev–Trinajstić information content (AvgIpc) is 3.40. The number of ether oxygens (including phenoxy) is 1. The minimum absolute atomic E-state index is 0.0866. The number of carbonyl (C=O) groups excluding carboxylic acids is 2. The summed E-state index contributed by atoms with van der Waals surface area (Å²) in [7, 11) is 1.33. The van der Waals surface area contributed by atoms with Crippen molar-refractivity contribution in [2.75, 3.05) is 12.4 Å². The molecule has 0 saturated heterocycles. The van der Waals surface area contributed by atoms with Crippen molar-refractivity contribution in [2.24, 2.45) is 5.92 Å². The lowest BCUT2D eigenvalue weighted by Gasteiger charge is -2.17. The van der Waals surface area contributed by atoms with Gasteiger partial charge in [0.05, 0.1) is 19.6 Å². The Kier molecular flexibility index (Phi) is 6.64. The van der Waals surface area contributed by atoms with E-state index in [1.54, 1.807) is 11.3 Å². The summed E-state index contributed by atoms with van der Waals surface area (Å²) in [6.07, 6.45) is 4.89. The summed E-state index contributed by atoms with van der Waals surface area (Å²) in [4.78, 5) is 29.9. The van der Waals surface area contributed by atoms with Crippen LogP contribution in [-0.4, -0.2) is 28.5 Å². The Bertz CT molecular complexity index is 881. The number of thiophene rings is 1. The highest BCUT2D eigenvalue weighted by Gasteiger charge is 2.22. The molecule has 28 heavy (non-hydrogen) atoms. The van der Waals surface area contributed by atoms with Crippen molar-refractivity contribution in [2.45, 2.75) is 32.7 Å². The number of nitrogens with one attached hydrogen (secondary N) is 1. The standard InChI is InChI=1S/C20H23N3O3S2/c1-13(2)10-16-18(19(25)26-3)22-20(28-16)21-17(24)11-15(14-6-9-27-12-14)23-7-4-5-8-23/h4-9,12-13,15H,10-11H2,1-3H3,(H,21,22,24)/t15-/m0/s1. The number of carbonyl (C=O) groups is 2. The van der Waals surface area contributed by atoms with Gasteiger partial charge in [0.1, 0.15) is 0 Å². The summed E-state index contributed by atoms with van der Waals surface area (Å²) >= 11 is 2.94. The maximum Gasteiger partial charge on any atom is 0.357 e. The van der Waals surface area contributed by atoms with Gasteiger partial charge in [-0.25, -0.2) is 9.78 Å². The van der Waals surface area contributed by atoms with Crippen LogP contribution in [0.25, 0.3) is 0 Å². The molecule has 3 aromatic heterocycles. The largest absolute Gasteiger partial charge is 0.464 e. The number of anilines is 1. The molecular weight excluding hydrogens is 394 g/mol. The molecular formula is C20H23N3O3S2. The van der Waals surface area contributed by atoms with Gasteiger partial charge in [-0.2, -0.15) is 11.3 Å². The van der Waals surface area contributed by atoms with E-state index < -0.39 is 5.97 Å². The van der Waals surface area contributed by atoms with Gasteiger partial charge in [0.15, 0.2) is 10.8 Å². The van der Waals surface area contributed by atoms with Gasteiger partial charge in [0, 0.05) is 17.3 Å². The first-order valence-corrected chi connectivity index (χ1v) is 10.8. The molecule has 0 aliphatic heterocycles. The van der Waals surface area contributed by atoms with Gasteiger partial charge < -0.3 is 14.6 Å². The van der Waals surface area contributed by atoms with Crippen molar-refractivity contribution in [1.82, 2.24) is 9.55 Å². The summed E-state index contributed by atoms with van der Waals surface area (Å²) in [6.45, 7) is 4.14. The highest BCUT2D eigenvalue weighted by molar-refractivity contribution is 7.16. The maximum absolute atomic E-state index is 12.7. The molecule has 0 aliphatic rings. The molecule has 0 radical (unpaired) electrons. The van der Waals surface area contributed by atoms with Crippen LogP contribution in [-0.2, 0) is 16.0 Å². The van der Waals surface area contributed by atoms with Crippen LogP contribution < -0.4 is 5.32 Å². The fraction of sp³-hybridized carbons (Fsp3) is 0.350. The van der Waals surface area contributed by atoms with E-state index in [-0.39, 0.29) is 24.1 Å². The van der Waals surface area contributed by atoms with Crippen molar-refractivity contribution in [3.8, 4) is 0 Å². The third-order valence-electron chi connectivity index (χ3n) is 4.21. The first-order chi connectivity index (χ1) is 13.5. The second-order valence-corrected chi connectivity index (χ2v) is 8.70. The van der Waals surface area contributed by atoms with Crippen LogP contribution in [0.3, 0.4) is 0 Å². The predicted molar refractivity (Wildman–Crippen MR) is 112 cm³/mol. The Hall–Kier alpha value is -2.45. The highest BCUT2D eigenvalue weighted by atomic mass is 32.1. The molecule has 1 amide bonds. The van der Waals surface area contributed by atoms with Crippen LogP contribution in [0.2, 0.25) is 0 Å². The van der Waals surface area contributed by atoms with Gasteiger partial charge in [-0.05, 0) is 46.9 Å². The molecule has 8 heteroatoms. The van der Waals surface area contributed by atoms with Crippen molar-refractivity contribution in [3.63, 3.8) is 0 Å². The average molecular weight is 418 g/mol. The van der Waals surface area contributed by atoms with E-state index in [9.17, 15) is 9.59 Å². The van der Waals surface area contributed by atoms with Gasteiger partial charge in [-0.1, -0.05) is 13.8 Å². The molecule has 148 valence electrons. The van der Waals surface area contributed by atoms with Gasteiger partial charge in [0.25, 0.3) is 0 Å². The molecule has 0 fully saturated rings. The number of rotatable bonds is 8. The predicted octanol–water partition coefficient (Wildman–Crippen LogP) is 4.61. The molecule has 0 saturated carbocycles. The van der Waals surface area contributed by atoms with Crippen LogP contribution in [0.1, 0.15) is 47.2 Å². The zero-order valence-electron chi connectivity index (χ0n) is 16.0. The van der Waals surface area contributed by atoms with Crippen LogP contribution in [0.5, 0.6) is 0 Å². The van der Waals surface area contributed by atoms with E-state index in [4.69, 9.17) is 4.74 Å². The van der Waals surface area contributed by atoms with E-state index in [2.05, 4.69) is 29.5 Å². The number of aromatic nitrogens is 2. The molecule has 6 nitrogen and oxygen atoms in total. The Balaban J connectivity index is 1.76. The molecule has 0 aliphatic carbocycles. The van der Waals surface area contributed by atoms with Crippen molar-refractivity contribution in [1.29, 1.82) is 0 Å². The van der Waals surface area contributed by atoms with Crippen LogP contribution in [0, 0.1) is 5.92 Å². The lowest BCUT2D eigenvalue weighted by atomic mass is 10.1. The molecule has 0 spiro atoms. The topological polar surface area (TPSA) is 73.2 Å². The molecule has 0 bridgehead atoms. The van der Waals surface area contributed by atoms with E-state index in [1.807, 2.05) is 40.5 Å². The Labute approximate surface area is 172 Å². The second kappa shape index (κ2) is 9.16. The summed E-state index contributed by atoms with van der Waals surface area (Å²) < 4.78 is 6.85. The van der Waals surface area contributed by atoms with Crippen LogP contribution in [0.4, 0.5) is 5.13 Å². The Morgan fingerprint density at radius 1 is 1.29 bits per heavy atom. The highest BCUT2D eigenvalue weighted by Crippen LogP contribution is 2.28. The number of nitrogens with zero attached hydrogens (tertiary/aromatic N) is 2. The number of esters is 1. The monoisotopic (exact) mass is 417 g/mol. The number of hydrogen-bond acceptors (Lipinski definition) is 6. The quantitative estimate of drug-likeness (QED) is 0.543. The normalized spacial score (nSPS) is 12.1. The summed E-state index contributed by atoms with van der Waals surface area (Å²) in [5.74, 6) is -0.258. The molecule has 1 atom stereocenters. The molecule has 0 aromatic carbocycles. The third-order valence-corrected chi connectivity index (χ3v) is 5.90. The van der Waals surface area contributed by atoms with Gasteiger partial charge >= 0.3 is 5.97 Å². The second-order valence-electron chi connectivity index (χ2n) is 6.84. The summed E-state index contributed by atoms with van der Waals surface area (Å²) in [5.41, 5.74) is 1.38. The SMILES string of the molecule is COC(=O)c1nc(NC(=O)C[C@@H](c2ccsc2)n2cccc2)sc1CC(C)C. The number of methoxy groups -OCH3 is 1. The van der Waals surface area contributed by atoms with E-state index in [1.165, 1.54) is 18.4 Å². The van der Waals surface area contributed by atoms with Crippen LogP contribution in [0.15, 0.2) is 41.4 Å². The van der Waals surface area contributed by atoms with E-state index in [0.717, 1.165) is 10.4 Å². The fourth-order valence-electron chi connectivity index (χ4n) is 2.93. The van der Waals surface area contributed by atoms with Crippen molar-refractivity contribution in [3.05, 3.63) is 57.5 Å². The minimum Gasteiger partial charge on any atom is -0.464 e. The number of thiazole rings is 1. The minimum atomic E-state index is -0.476. The van der Waals surface area contributed by atoms with Crippen LogP contribution >= 0.6 is 22.7 Å². The molecule has 3 heterocycles. The summed E-state index contributed by atoms with van der Waals surface area (Å²) in [5, 5.41) is 7.35. The third kappa shape index (κ3) is 4.88. The molecule has 3 aromatic rings. The Morgan fingerprint density at radius 3 is 2.64 bits per heavy atom. The van der Waals surface area contributed by atoms with E-state index >= 15 is 0 Å². The van der Waals surface area contributed by atoms with E-state index in [0.29, 0.717) is 17.5 Å². The summed E-state index contributed by atoms with van der Waals surface area (Å²) in [6, 6.07) is 5.83.